The minimum atomic E-state index is -4.39. The maximum absolute atomic E-state index is 15.0. The van der Waals surface area contributed by atoms with Crippen LogP contribution in [0.1, 0.15) is 44.2 Å². The lowest BCUT2D eigenvalue weighted by molar-refractivity contribution is -0.140. The number of hydrogen-bond donors (Lipinski definition) is 1. The van der Waals surface area contributed by atoms with Gasteiger partial charge in [-0.3, -0.25) is 13.9 Å². The summed E-state index contributed by atoms with van der Waals surface area (Å²) in [5.41, 5.74) is 0.945. The van der Waals surface area contributed by atoms with E-state index >= 15 is 4.39 Å². The molecule has 2 amide bonds. The number of carbonyl (C=O) groups excluding carboxylic acids is 2. The number of para-hydroxylation sites is 1. The Morgan fingerprint density at radius 1 is 0.951 bits per heavy atom. The monoisotopic (exact) mass is 621 g/mol. The molecule has 3 aromatic carbocycles. The van der Waals surface area contributed by atoms with Crippen LogP contribution in [0.5, 0.6) is 0 Å². The number of sulfonamides is 1. The molecule has 0 heterocycles. The highest BCUT2D eigenvalue weighted by molar-refractivity contribution is 7.92. The summed E-state index contributed by atoms with van der Waals surface area (Å²) < 4.78 is 43.5. The lowest BCUT2D eigenvalue weighted by atomic mass is 10.1. The molecule has 7 nitrogen and oxygen atoms in total. The van der Waals surface area contributed by atoms with Crippen LogP contribution in [-0.4, -0.2) is 44.3 Å². The second kappa shape index (κ2) is 14.7. The molecule has 41 heavy (non-hydrogen) atoms. The van der Waals surface area contributed by atoms with Gasteiger partial charge in [0, 0.05) is 28.7 Å². The number of halogens is 3. The molecule has 0 bridgehead atoms. The molecule has 0 saturated heterocycles. The minimum Gasteiger partial charge on any atom is -0.354 e. The number of nitrogens with zero attached hydrogens (tertiary/aromatic N) is 2. The van der Waals surface area contributed by atoms with E-state index < -0.39 is 40.2 Å². The Labute approximate surface area is 251 Å². The van der Waals surface area contributed by atoms with Crippen molar-refractivity contribution in [2.75, 3.05) is 17.4 Å². The molecule has 11 heteroatoms. The lowest BCUT2D eigenvalue weighted by Crippen LogP contribution is -2.52. The van der Waals surface area contributed by atoms with Gasteiger partial charge in [0.05, 0.1) is 10.6 Å². The molecule has 220 valence electrons. The second-order valence-corrected chi connectivity index (χ2v) is 12.2. The quantitative estimate of drug-likeness (QED) is 0.225. The number of hydrogen-bond acceptors (Lipinski definition) is 4. The molecule has 0 aliphatic heterocycles. The van der Waals surface area contributed by atoms with E-state index in [9.17, 15) is 18.0 Å². The molecular formula is C30H34Cl2FN3O4S. The van der Waals surface area contributed by atoms with Crippen molar-refractivity contribution in [3.8, 4) is 0 Å². The summed E-state index contributed by atoms with van der Waals surface area (Å²) in [6, 6.07) is 15.3. The third kappa shape index (κ3) is 7.99. The Morgan fingerprint density at radius 2 is 1.59 bits per heavy atom. The minimum absolute atomic E-state index is 0.107. The number of amides is 2. The van der Waals surface area contributed by atoms with Crippen LogP contribution in [-0.2, 0) is 26.2 Å². The first-order valence-electron chi connectivity index (χ1n) is 13.3. The first kappa shape index (κ1) is 32.4. The van der Waals surface area contributed by atoms with Gasteiger partial charge in [0.2, 0.25) is 11.8 Å². The highest BCUT2D eigenvalue weighted by Gasteiger charge is 2.35. The zero-order valence-electron chi connectivity index (χ0n) is 23.2. The standard InChI is InChI=1S/C30H34Cl2FN3O4S/c1-4-6-18-34-30(38)27(5-2)35(19-23-24(31)10-9-11-25(23)32)29(37)20-36(28-13-8-7-12-26(28)33)41(39,40)22-16-14-21(3)15-17-22/h7-17,27H,4-6,18-20H2,1-3H3,(H,34,38)/t27-/m1/s1. The van der Waals surface area contributed by atoms with Crippen molar-refractivity contribution in [2.45, 2.75) is 57.5 Å². The van der Waals surface area contributed by atoms with E-state index in [4.69, 9.17) is 23.2 Å². The van der Waals surface area contributed by atoms with Crippen LogP contribution < -0.4 is 9.62 Å². The van der Waals surface area contributed by atoms with Crippen molar-refractivity contribution in [1.82, 2.24) is 10.2 Å². The van der Waals surface area contributed by atoms with Gasteiger partial charge >= 0.3 is 0 Å². The van der Waals surface area contributed by atoms with Crippen molar-refractivity contribution in [3.63, 3.8) is 0 Å². The molecule has 0 spiro atoms. The molecule has 0 radical (unpaired) electrons. The number of aryl methyl sites for hydroxylation is 1. The first-order chi connectivity index (χ1) is 19.5. The zero-order chi connectivity index (χ0) is 30.2. The third-order valence-electron chi connectivity index (χ3n) is 6.61. The third-order valence-corrected chi connectivity index (χ3v) is 9.10. The largest absolute Gasteiger partial charge is 0.354 e. The van der Waals surface area contributed by atoms with Gasteiger partial charge < -0.3 is 10.2 Å². The maximum atomic E-state index is 15.0. The predicted molar refractivity (Wildman–Crippen MR) is 161 cm³/mol. The highest BCUT2D eigenvalue weighted by Crippen LogP contribution is 2.29. The summed E-state index contributed by atoms with van der Waals surface area (Å²) in [6.45, 7) is 5.04. The van der Waals surface area contributed by atoms with Gasteiger partial charge in [-0.1, -0.05) is 79.4 Å². The molecule has 1 atom stereocenters. The summed E-state index contributed by atoms with van der Waals surface area (Å²) in [5.74, 6) is -1.94. The van der Waals surface area contributed by atoms with Crippen molar-refractivity contribution in [1.29, 1.82) is 0 Å². The average Bonchev–Trinajstić information content (AvgIpc) is 2.94. The molecule has 0 aromatic heterocycles. The molecule has 0 aliphatic carbocycles. The molecule has 0 aliphatic rings. The van der Waals surface area contributed by atoms with E-state index in [0.717, 1.165) is 28.8 Å². The topological polar surface area (TPSA) is 86.8 Å². The molecule has 0 fully saturated rings. The van der Waals surface area contributed by atoms with Gasteiger partial charge in [-0.25, -0.2) is 12.8 Å². The summed E-state index contributed by atoms with van der Waals surface area (Å²) in [7, 11) is -4.39. The van der Waals surface area contributed by atoms with Crippen molar-refractivity contribution < 1.29 is 22.4 Å². The van der Waals surface area contributed by atoms with E-state index in [2.05, 4.69) is 5.32 Å². The van der Waals surface area contributed by atoms with Crippen LogP contribution in [0.15, 0.2) is 71.6 Å². The number of carbonyl (C=O) groups is 2. The Kier molecular flexibility index (Phi) is 11.6. The molecule has 3 aromatic rings. The van der Waals surface area contributed by atoms with Crippen LogP contribution in [0.4, 0.5) is 10.1 Å². The Morgan fingerprint density at radius 3 is 2.17 bits per heavy atom. The van der Waals surface area contributed by atoms with Crippen molar-refractivity contribution in [2.24, 2.45) is 0 Å². The van der Waals surface area contributed by atoms with E-state index in [0.29, 0.717) is 12.1 Å². The molecule has 1 N–H and O–H groups in total. The van der Waals surface area contributed by atoms with Crippen LogP contribution in [0.2, 0.25) is 10.0 Å². The van der Waals surface area contributed by atoms with Crippen LogP contribution in [0, 0.1) is 12.7 Å². The Hall–Kier alpha value is -3.14. The van der Waals surface area contributed by atoms with Gasteiger partial charge in [0.15, 0.2) is 0 Å². The number of unbranched alkanes of at least 4 members (excludes halogenated alkanes) is 1. The number of anilines is 1. The Balaban J connectivity index is 2.09. The van der Waals surface area contributed by atoms with Crippen LogP contribution in [0.3, 0.4) is 0 Å². The fraction of sp³-hybridized carbons (Fsp3) is 0.333. The fourth-order valence-electron chi connectivity index (χ4n) is 4.28. The summed E-state index contributed by atoms with van der Waals surface area (Å²) >= 11 is 12.8. The maximum Gasteiger partial charge on any atom is 0.264 e. The SMILES string of the molecule is CCCCNC(=O)[C@@H](CC)N(Cc1c(Cl)cccc1Cl)C(=O)CN(c1ccccc1F)S(=O)(=O)c1ccc(C)cc1. The molecular weight excluding hydrogens is 588 g/mol. The van der Waals surface area contributed by atoms with E-state index in [-0.39, 0.29) is 33.6 Å². The van der Waals surface area contributed by atoms with Crippen molar-refractivity contribution in [3.05, 3.63) is 93.7 Å². The van der Waals surface area contributed by atoms with E-state index in [1.54, 1.807) is 37.3 Å². The van der Waals surface area contributed by atoms with E-state index in [1.807, 2.05) is 13.8 Å². The lowest BCUT2D eigenvalue weighted by Gasteiger charge is -2.33. The molecule has 3 rings (SSSR count). The summed E-state index contributed by atoms with van der Waals surface area (Å²) in [6.07, 6.45) is 1.85. The average molecular weight is 623 g/mol. The van der Waals surface area contributed by atoms with Crippen LogP contribution in [0.25, 0.3) is 0 Å². The van der Waals surface area contributed by atoms with E-state index in [1.165, 1.54) is 35.2 Å². The van der Waals surface area contributed by atoms with Gasteiger partial charge in [0.25, 0.3) is 10.0 Å². The normalized spacial score (nSPS) is 12.0. The molecule has 0 unspecified atom stereocenters. The zero-order valence-corrected chi connectivity index (χ0v) is 25.6. The fourth-order valence-corrected chi connectivity index (χ4v) is 6.22. The second-order valence-electron chi connectivity index (χ2n) is 9.57. The van der Waals surface area contributed by atoms with Gasteiger partial charge in [0.1, 0.15) is 18.4 Å². The van der Waals surface area contributed by atoms with Crippen LogP contribution >= 0.6 is 23.2 Å². The number of benzene rings is 3. The summed E-state index contributed by atoms with van der Waals surface area (Å²) in [5, 5.41) is 3.42. The predicted octanol–water partition coefficient (Wildman–Crippen LogP) is 6.36. The summed E-state index contributed by atoms with van der Waals surface area (Å²) in [4.78, 5) is 28.5. The number of rotatable bonds is 13. The molecule has 0 saturated carbocycles. The Bertz CT molecular complexity index is 1450. The van der Waals surface area contributed by atoms with Gasteiger partial charge in [-0.15, -0.1) is 0 Å². The number of nitrogens with one attached hydrogen (secondary N) is 1. The first-order valence-corrected chi connectivity index (χ1v) is 15.5. The van der Waals surface area contributed by atoms with Crippen molar-refractivity contribution >= 4 is 50.7 Å². The van der Waals surface area contributed by atoms with Gasteiger partial charge in [-0.2, -0.15) is 0 Å². The van der Waals surface area contributed by atoms with Gasteiger partial charge in [-0.05, 0) is 56.2 Å². The highest BCUT2D eigenvalue weighted by atomic mass is 35.5. The smallest absolute Gasteiger partial charge is 0.264 e.